The van der Waals surface area contributed by atoms with Crippen molar-refractivity contribution in [1.82, 2.24) is 4.90 Å². The summed E-state index contributed by atoms with van der Waals surface area (Å²) in [6, 6.07) is 12.0. The molecule has 1 atom stereocenters. The van der Waals surface area contributed by atoms with Gasteiger partial charge in [-0.25, -0.2) is 0 Å². The van der Waals surface area contributed by atoms with Crippen molar-refractivity contribution in [2.24, 2.45) is 0 Å². The Morgan fingerprint density at radius 1 is 1.10 bits per heavy atom. The highest BCUT2D eigenvalue weighted by Crippen LogP contribution is 2.20. The number of carbonyl (C=O) groups is 1. The molecule has 0 aliphatic rings. The highest BCUT2D eigenvalue weighted by molar-refractivity contribution is 7.87. The van der Waals surface area contributed by atoms with E-state index in [0.717, 1.165) is 12.0 Å². The highest BCUT2D eigenvalue weighted by Gasteiger charge is 2.21. The first-order valence-electron chi connectivity index (χ1n) is 9.23. The number of nitro groups is 1. The van der Waals surface area contributed by atoms with Crippen LogP contribution in [0.4, 0.5) is 5.69 Å². The minimum Gasteiger partial charge on any atom is -0.382 e. The average Bonchev–Trinajstić information content (AvgIpc) is 2.72. The Morgan fingerprint density at radius 3 is 2.17 bits per heavy atom. The molecule has 2 rings (SSSR count). The van der Waals surface area contributed by atoms with E-state index >= 15 is 0 Å². The fourth-order valence-electron chi connectivity index (χ4n) is 2.59. The zero-order valence-electron chi connectivity index (χ0n) is 16.6. The molecular weight excluding hydrogens is 396 g/mol. The molecule has 1 amide bonds. The zero-order chi connectivity index (χ0) is 21.6. The molecule has 0 saturated carbocycles. The first-order chi connectivity index (χ1) is 13.7. The van der Waals surface area contributed by atoms with Gasteiger partial charge < -0.3 is 9.08 Å². The minimum atomic E-state index is -3.60. The Kier molecular flexibility index (Phi) is 7.33. The first kappa shape index (κ1) is 22.4. The summed E-state index contributed by atoms with van der Waals surface area (Å²) >= 11 is 0. The van der Waals surface area contributed by atoms with E-state index in [4.69, 9.17) is 4.18 Å². The van der Waals surface area contributed by atoms with E-state index in [2.05, 4.69) is 0 Å². The van der Waals surface area contributed by atoms with E-state index < -0.39 is 15.0 Å². The summed E-state index contributed by atoms with van der Waals surface area (Å²) in [5.41, 5.74) is 1.10. The van der Waals surface area contributed by atoms with Gasteiger partial charge in [0.05, 0.1) is 10.7 Å². The number of hydrogen-bond donors (Lipinski definition) is 0. The van der Waals surface area contributed by atoms with E-state index in [9.17, 15) is 23.3 Å². The summed E-state index contributed by atoms with van der Waals surface area (Å²) in [6.45, 7) is 5.70. The molecule has 0 saturated heterocycles. The van der Waals surface area contributed by atoms with Crippen LogP contribution in [0.3, 0.4) is 0 Å². The van der Waals surface area contributed by atoms with Crippen molar-refractivity contribution in [3.8, 4) is 5.75 Å². The van der Waals surface area contributed by atoms with Gasteiger partial charge in [-0.1, -0.05) is 19.1 Å². The number of amides is 1. The van der Waals surface area contributed by atoms with Gasteiger partial charge in [0.1, 0.15) is 5.75 Å². The molecule has 2 aromatic rings. The average molecular weight is 420 g/mol. The standard InChI is InChI=1S/C20H24N2O6S/c1-4-15(3)21(20(23)17-8-10-18(11-9-17)22(24)25)14-16-6-12-19(13-7-16)28-29(26,27)5-2/h6-13,15H,4-5,14H2,1-3H3/t15-/m0/s1. The molecule has 9 heteroatoms. The second kappa shape index (κ2) is 9.51. The van der Waals surface area contributed by atoms with Crippen LogP contribution in [0.5, 0.6) is 5.75 Å². The van der Waals surface area contributed by atoms with Crippen LogP contribution in [-0.2, 0) is 16.7 Å². The summed E-state index contributed by atoms with van der Waals surface area (Å²) in [5, 5.41) is 10.8. The lowest BCUT2D eigenvalue weighted by Crippen LogP contribution is -2.37. The van der Waals surface area contributed by atoms with Gasteiger partial charge in [-0.15, -0.1) is 0 Å². The maximum absolute atomic E-state index is 13.0. The van der Waals surface area contributed by atoms with Crippen molar-refractivity contribution < 1.29 is 22.3 Å². The molecule has 0 N–H and O–H groups in total. The Hall–Kier alpha value is -2.94. The van der Waals surface area contributed by atoms with Gasteiger partial charge in [0.15, 0.2) is 0 Å². The van der Waals surface area contributed by atoms with Crippen LogP contribution < -0.4 is 4.18 Å². The quantitative estimate of drug-likeness (QED) is 0.347. The van der Waals surface area contributed by atoms with E-state index in [1.165, 1.54) is 31.2 Å². The molecular formula is C20H24N2O6S. The Labute approximate surface area is 170 Å². The second-order valence-corrected chi connectivity index (χ2v) is 8.43. The van der Waals surface area contributed by atoms with Gasteiger partial charge in [-0.2, -0.15) is 8.42 Å². The summed E-state index contributed by atoms with van der Waals surface area (Å²) < 4.78 is 28.1. The molecule has 0 spiro atoms. The summed E-state index contributed by atoms with van der Waals surface area (Å²) in [5.74, 6) is -0.143. The molecule has 2 aromatic carbocycles. The van der Waals surface area contributed by atoms with Crippen LogP contribution in [0.15, 0.2) is 48.5 Å². The summed E-state index contributed by atoms with van der Waals surface area (Å²) in [7, 11) is -3.60. The smallest absolute Gasteiger partial charge is 0.308 e. The Morgan fingerprint density at radius 2 is 1.69 bits per heavy atom. The topological polar surface area (TPSA) is 107 Å². The van der Waals surface area contributed by atoms with Crippen LogP contribution in [0, 0.1) is 10.1 Å². The predicted octanol–water partition coefficient (Wildman–Crippen LogP) is 3.76. The van der Waals surface area contributed by atoms with Crippen LogP contribution in [0.1, 0.15) is 43.1 Å². The van der Waals surface area contributed by atoms with Crippen molar-refractivity contribution in [2.75, 3.05) is 5.75 Å². The Bertz CT molecular complexity index is 955. The Balaban J connectivity index is 2.20. The zero-order valence-corrected chi connectivity index (χ0v) is 17.4. The van der Waals surface area contributed by atoms with Gasteiger partial charge in [0.2, 0.25) is 0 Å². The third kappa shape index (κ3) is 6.02. The van der Waals surface area contributed by atoms with Crippen LogP contribution in [0.25, 0.3) is 0 Å². The van der Waals surface area contributed by atoms with Crippen LogP contribution >= 0.6 is 0 Å². The summed E-state index contributed by atoms with van der Waals surface area (Å²) in [4.78, 5) is 25.0. The normalized spacial score (nSPS) is 12.2. The van der Waals surface area contributed by atoms with Gasteiger partial charge in [-0.3, -0.25) is 14.9 Å². The van der Waals surface area contributed by atoms with Gasteiger partial charge >= 0.3 is 10.1 Å². The summed E-state index contributed by atoms with van der Waals surface area (Å²) in [6.07, 6.45) is 0.731. The molecule has 0 fully saturated rings. The number of nitrogens with zero attached hydrogens (tertiary/aromatic N) is 2. The molecule has 0 radical (unpaired) electrons. The molecule has 0 heterocycles. The third-order valence-corrected chi connectivity index (χ3v) is 5.72. The van der Waals surface area contributed by atoms with Gasteiger partial charge in [-0.05, 0) is 50.1 Å². The van der Waals surface area contributed by atoms with Crippen molar-refractivity contribution >= 4 is 21.7 Å². The van der Waals surface area contributed by atoms with Crippen molar-refractivity contribution in [2.45, 2.75) is 39.8 Å². The SMILES string of the molecule is CC[C@H](C)N(Cc1ccc(OS(=O)(=O)CC)cc1)C(=O)c1ccc([N+](=O)[O-])cc1. The first-order valence-corrected chi connectivity index (χ1v) is 10.8. The van der Waals surface area contributed by atoms with Crippen molar-refractivity contribution in [3.05, 3.63) is 69.8 Å². The maximum atomic E-state index is 13.0. The monoisotopic (exact) mass is 420 g/mol. The minimum absolute atomic E-state index is 0.0610. The molecule has 0 aliphatic heterocycles. The van der Waals surface area contributed by atoms with Crippen LogP contribution in [0.2, 0.25) is 0 Å². The van der Waals surface area contributed by atoms with E-state index in [1.54, 1.807) is 29.2 Å². The number of carbonyl (C=O) groups excluding carboxylic acids is 1. The van der Waals surface area contributed by atoms with Crippen molar-refractivity contribution in [1.29, 1.82) is 0 Å². The number of nitro benzene ring substituents is 1. The number of benzene rings is 2. The fraction of sp³-hybridized carbons (Fsp3) is 0.350. The van der Waals surface area contributed by atoms with E-state index in [1.807, 2.05) is 13.8 Å². The molecule has 156 valence electrons. The molecule has 8 nitrogen and oxygen atoms in total. The van der Waals surface area contributed by atoms with Crippen LogP contribution in [-0.4, -0.2) is 35.9 Å². The molecule has 0 unspecified atom stereocenters. The lowest BCUT2D eigenvalue weighted by atomic mass is 10.1. The molecule has 0 bridgehead atoms. The molecule has 29 heavy (non-hydrogen) atoms. The predicted molar refractivity (Wildman–Crippen MR) is 109 cm³/mol. The molecule has 0 aliphatic carbocycles. The maximum Gasteiger partial charge on any atom is 0.308 e. The highest BCUT2D eigenvalue weighted by atomic mass is 32.2. The second-order valence-electron chi connectivity index (χ2n) is 6.57. The lowest BCUT2D eigenvalue weighted by Gasteiger charge is -2.29. The fourth-order valence-corrected chi connectivity index (χ4v) is 3.11. The molecule has 0 aromatic heterocycles. The van der Waals surface area contributed by atoms with Gasteiger partial charge in [0, 0.05) is 30.3 Å². The lowest BCUT2D eigenvalue weighted by molar-refractivity contribution is -0.384. The largest absolute Gasteiger partial charge is 0.382 e. The number of hydrogen-bond acceptors (Lipinski definition) is 6. The van der Waals surface area contributed by atoms with Crippen molar-refractivity contribution in [3.63, 3.8) is 0 Å². The van der Waals surface area contributed by atoms with E-state index in [-0.39, 0.29) is 29.1 Å². The number of rotatable bonds is 9. The van der Waals surface area contributed by atoms with Gasteiger partial charge in [0.25, 0.3) is 11.6 Å². The third-order valence-electron chi connectivity index (χ3n) is 4.56. The number of non-ortho nitro benzene ring substituents is 1. The van der Waals surface area contributed by atoms with E-state index in [0.29, 0.717) is 12.1 Å².